The number of nitrogens with zero attached hydrogens (tertiary/aromatic N) is 5. The first-order chi connectivity index (χ1) is 13.1. The Morgan fingerprint density at radius 1 is 1.19 bits per heavy atom. The number of imidazole rings is 1. The zero-order valence-corrected chi connectivity index (χ0v) is 14.6. The van der Waals surface area contributed by atoms with E-state index >= 15 is 0 Å². The lowest BCUT2D eigenvalue weighted by Gasteiger charge is -2.07. The number of nitrogens with two attached hydrogens (primary N) is 1. The average Bonchev–Trinajstić information content (AvgIpc) is 3.08. The first-order valence-electron chi connectivity index (χ1n) is 8.36. The van der Waals surface area contributed by atoms with E-state index in [2.05, 4.69) is 37.6 Å². The van der Waals surface area contributed by atoms with Crippen molar-refractivity contribution in [3.05, 3.63) is 66.2 Å². The number of hydrogen-bond donors (Lipinski definition) is 2. The number of aromatic nitrogens is 4. The number of fused-ring (bicyclic) bond motifs is 2. The molecule has 134 valence electrons. The molecule has 0 aliphatic carbocycles. The minimum atomic E-state index is -0.716. The third-order valence-electron chi connectivity index (χ3n) is 4.19. The molecule has 8 heteroatoms. The molecule has 3 heterocycles. The van der Waals surface area contributed by atoms with Gasteiger partial charge in [0.25, 0.3) is 0 Å². The van der Waals surface area contributed by atoms with Crippen LogP contribution in [0.15, 0.2) is 60.1 Å². The molecule has 0 aliphatic heterocycles. The summed E-state index contributed by atoms with van der Waals surface area (Å²) < 4.78 is 1.98. The van der Waals surface area contributed by atoms with Crippen molar-refractivity contribution < 1.29 is 4.79 Å². The average molecular weight is 359 g/mol. The number of carbonyl (C=O) groups is 1. The van der Waals surface area contributed by atoms with Crippen molar-refractivity contribution in [1.29, 1.82) is 0 Å². The molecule has 0 aliphatic rings. The molecule has 0 unspecified atom stereocenters. The fourth-order valence-electron chi connectivity index (χ4n) is 2.87. The van der Waals surface area contributed by atoms with Gasteiger partial charge in [0.2, 0.25) is 0 Å². The highest BCUT2D eigenvalue weighted by atomic mass is 16.2. The van der Waals surface area contributed by atoms with Crippen LogP contribution in [0, 0.1) is 0 Å². The summed E-state index contributed by atoms with van der Waals surface area (Å²) in [7, 11) is 0. The van der Waals surface area contributed by atoms with Crippen LogP contribution in [0.3, 0.4) is 0 Å². The zero-order chi connectivity index (χ0) is 18.8. The van der Waals surface area contributed by atoms with Crippen LogP contribution in [-0.2, 0) is 6.54 Å². The highest BCUT2D eigenvalue weighted by molar-refractivity contribution is 5.98. The maximum Gasteiger partial charge on any atom is 0.332 e. The maximum atomic E-state index is 10.8. The maximum absolute atomic E-state index is 10.8. The number of benzene rings is 1. The van der Waals surface area contributed by atoms with E-state index in [-0.39, 0.29) is 0 Å². The molecule has 0 saturated carbocycles. The van der Waals surface area contributed by atoms with Crippen LogP contribution in [-0.4, -0.2) is 31.3 Å². The van der Waals surface area contributed by atoms with E-state index < -0.39 is 6.03 Å². The van der Waals surface area contributed by atoms with Gasteiger partial charge in [-0.25, -0.2) is 20.2 Å². The van der Waals surface area contributed by atoms with E-state index in [0.29, 0.717) is 18.0 Å². The van der Waals surface area contributed by atoms with Gasteiger partial charge in [0.05, 0.1) is 29.8 Å². The van der Waals surface area contributed by atoms with Gasteiger partial charge in [-0.05, 0) is 42.8 Å². The number of hydrazone groups is 1. The molecular formula is C19H17N7O. The van der Waals surface area contributed by atoms with E-state index in [1.807, 2.05) is 34.9 Å². The van der Waals surface area contributed by atoms with Crippen molar-refractivity contribution in [3.8, 4) is 0 Å². The van der Waals surface area contributed by atoms with Crippen molar-refractivity contribution in [2.24, 2.45) is 10.8 Å². The standard InChI is InChI=1S/C19H17N7O/c1-12(24-25-19(20)27)15-6-7-17-18(23-15)26(11-22-17)10-13-4-5-16-14(9-13)3-2-8-21-16/h2-9,11H,10H2,1H3,(H3,20,25,27)/b24-12+. The Morgan fingerprint density at radius 3 is 2.89 bits per heavy atom. The number of urea groups is 1. The first kappa shape index (κ1) is 16.6. The largest absolute Gasteiger partial charge is 0.350 e. The Morgan fingerprint density at radius 2 is 2.04 bits per heavy atom. The molecule has 3 aromatic heterocycles. The predicted molar refractivity (Wildman–Crippen MR) is 103 cm³/mol. The van der Waals surface area contributed by atoms with Gasteiger partial charge in [-0.15, -0.1) is 0 Å². The van der Waals surface area contributed by atoms with Crippen molar-refractivity contribution in [1.82, 2.24) is 24.9 Å². The van der Waals surface area contributed by atoms with Crippen LogP contribution in [0.5, 0.6) is 0 Å². The van der Waals surface area contributed by atoms with Crippen molar-refractivity contribution in [2.45, 2.75) is 13.5 Å². The van der Waals surface area contributed by atoms with Gasteiger partial charge in [0.15, 0.2) is 5.65 Å². The van der Waals surface area contributed by atoms with Crippen LogP contribution < -0.4 is 11.2 Å². The summed E-state index contributed by atoms with van der Waals surface area (Å²) >= 11 is 0. The molecule has 8 nitrogen and oxygen atoms in total. The van der Waals surface area contributed by atoms with Gasteiger partial charge in [-0.2, -0.15) is 5.10 Å². The van der Waals surface area contributed by atoms with Crippen LogP contribution in [0.1, 0.15) is 18.2 Å². The summed E-state index contributed by atoms with van der Waals surface area (Å²) in [5.74, 6) is 0. The molecule has 1 aromatic carbocycles. The highest BCUT2D eigenvalue weighted by Crippen LogP contribution is 2.17. The second-order valence-electron chi connectivity index (χ2n) is 6.12. The summed E-state index contributed by atoms with van der Waals surface area (Å²) in [6.45, 7) is 2.38. The molecule has 0 atom stereocenters. The number of nitrogens with one attached hydrogen (secondary N) is 1. The van der Waals surface area contributed by atoms with Gasteiger partial charge >= 0.3 is 6.03 Å². The van der Waals surface area contributed by atoms with Gasteiger partial charge in [0, 0.05) is 11.6 Å². The molecule has 0 bridgehead atoms. The molecular weight excluding hydrogens is 342 g/mol. The predicted octanol–water partition coefficient (Wildman–Crippen LogP) is 2.42. The number of primary amides is 1. The third kappa shape index (κ3) is 3.45. The molecule has 27 heavy (non-hydrogen) atoms. The third-order valence-corrected chi connectivity index (χ3v) is 4.19. The number of hydrogen-bond acceptors (Lipinski definition) is 5. The molecule has 2 amide bonds. The summed E-state index contributed by atoms with van der Waals surface area (Å²) in [6, 6.07) is 13.1. The molecule has 0 radical (unpaired) electrons. The van der Waals surface area contributed by atoms with Gasteiger partial charge in [0.1, 0.15) is 5.52 Å². The molecule has 0 saturated heterocycles. The topological polar surface area (TPSA) is 111 Å². The molecule has 0 fully saturated rings. The van der Waals surface area contributed by atoms with Crippen LogP contribution in [0.4, 0.5) is 4.79 Å². The Kier molecular flexibility index (Phi) is 4.21. The van der Waals surface area contributed by atoms with E-state index in [4.69, 9.17) is 5.73 Å². The second-order valence-corrected chi connectivity index (χ2v) is 6.12. The van der Waals surface area contributed by atoms with Crippen molar-refractivity contribution >= 4 is 33.8 Å². The second kappa shape index (κ2) is 6.83. The van der Waals surface area contributed by atoms with E-state index in [1.165, 1.54) is 0 Å². The van der Waals surface area contributed by atoms with Gasteiger partial charge < -0.3 is 10.3 Å². The summed E-state index contributed by atoms with van der Waals surface area (Å²) in [5.41, 5.74) is 12.1. The lowest BCUT2D eigenvalue weighted by molar-refractivity contribution is 0.249. The Balaban J connectivity index is 1.67. The normalized spacial score (nSPS) is 11.8. The Bertz CT molecular complexity index is 1180. The van der Waals surface area contributed by atoms with Crippen molar-refractivity contribution in [3.63, 3.8) is 0 Å². The Hall–Kier alpha value is -3.81. The summed E-state index contributed by atoms with van der Waals surface area (Å²) in [5, 5.41) is 5.02. The highest BCUT2D eigenvalue weighted by Gasteiger charge is 2.09. The van der Waals surface area contributed by atoms with Crippen LogP contribution in [0.2, 0.25) is 0 Å². The van der Waals surface area contributed by atoms with Crippen molar-refractivity contribution in [2.75, 3.05) is 0 Å². The number of amides is 2. The minimum absolute atomic E-state index is 0.556. The fraction of sp³-hybridized carbons (Fsp3) is 0.105. The van der Waals surface area contributed by atoms with E-state index in [0.717, 1.165) is 27.6 Å². The van der Waals surface area contributed by atoms with Crippen LogP contribution >= 0.6 is 0 Å². The number of rotatable bonds is 4. The Labute approximate surface area is 154 Å². The van der Waals surface area contributed by atoms with Crippen LogP contribution in [0.25, 0.3) is 22.1 Å². The fourth-order valence-corrected chi connectivity index (χ4v) is 2.87. The van der Waals surface area contributed by atoms with E-state index in [1.54, 1.807) is 19.4 Å². The lowest BCUT2D eigenvalue weighted by atomic mass is 10.1. The molecule has 0 spiro atoms. The molecule has 4 aromatic rings. The smallest absolute Gasteiger partial charge is 0.332 e. The molecule has 3 N–H and O–H groups in total. The first-order valence-corrected chi connectivity index (χ1v) is 8.36. The summed E-state index contributed by atoms with van der Waals surface area (Å²) in [6.07, 6.45) is 3.55. The SMILES string of the molecule is C/C(=N\NC(N)=O)c1ccc2ncn(Cc3ccc4ncccc4c3)c2n1. The van der Waals surface area contributed by atoms with Gasteiger partial charge in [-0.1, -0.05) is 12.1 Å². The zero-order valence-electron chi connectivity index (χ0n) is 14.6. The number of carbonyl (C=O) groups excluding carboxylic acids is 1. The summed E-state index contributed by atoms with van der Waals surface area (Å²) in [4.78, 5) is 24.2. The van der Waals surface area contributed by atoms with Gasteiger partial charge in [-0.3, -0.25) is 4.98 Å². The number of pyridine rings is 2. The monoisotopic (exact) mass is 359 g/mol. The lowest BCUT2D eigenvalue weighted by Crippen LogP contribution is -2.25. The quantitative estimate of drug-likeness (QED) is 0.430. The minimum Gasteiger partial charge on any atom is -0.350 e. The molecule has 4 rings (SSSR count). The van der Waals surface area contributed by atoms with E-state index in [9.17, 15) is 4.79 Å².